The number of aromatic nitrogens is 1. The molecule has 0 bridgehead atoms. The highest BCUT2D eigenvalue weighted by Gasteiger charge is 2.15. The van der Waals surface area contributed by atoms with Gasteiger partial charge in [-0.05, 0) is 41.6 Å². The maximum absolute atomic E-state index is 12.7. The van der Waals surface area contributed by atoms with Gasteiger partial charge in [0.15, 0.2) is 0 Å². The Hall–Kier alpha value is -4.27. The molecule has 4 rings (SSSR count). The molecule has 9 nitrogen and oxygen atoms in total. The Labute approximate surface area is 188 Å². The molecule has 2 aromatic heterocycles. The fourth-order valence-electron chi connectivity index (χ4n) is 3.28. The highest BCUT2D eigenvalue weighted by Crippen LogP contribution is 2.33. The summed E-state index contributed by atoms with van der Waals surface area (Å²) in [7, 11) is 4.54. The van der Waals surface area contributed by atoms with Crippen LogP contribution in [0.25, 0.3) is 22.1 Å². The van der Waals surface area contributed by atoms with E-state index >= 15 is 0 Å². The smallest absolute Gasteiger partial charge is 0.344 e. The van der Waals surface area contributed by atoms with Crippen LogP contribution in [-0.4, -0.2) is 32.5 Å². The van der Waals surface area contributed by atoms with Crippen LogP contribution >= 0.6 is 0 Å². The summed E-state index contributed by atoms with van der Waals surface area (Å²) in [6.07, 6.45) is 0.387. The normalized spacial score (nSPS) is 10.8. The van der Waals surface area contributed by atoms with Crippen molar-refractivity contribution in [2.45, 2.75) is 12.8 Å². The van der Waals surface area contributed by atoms with Gasteiger partial charge in [0.05, 0.1) is 33.3 Å². The van der Waals surface area contributed by atoms with Gasteiger partial charge in [-0.3, -0.25) is 4.79 Å². The summed E-state index contributed by atoms with van der Waals surface area (Å²) in [6, 6.07) is 13.3. The van der Waals surface area contributed by atoms with Crippen molar-refractivity contribution in [1.29, 1.82) is 0 Å². The van der Waals surface area contributed by atoms with E-state index < -0.39 is 11.6 Å². The van der Waals surface area contributed by atoms with E-state index in [1.807, 2.05) is 0 Å². The number of methoxy groups -OCH3 is 3. The van der Waals surface area contributed by atoms with E-state index in [1.165, 1.54) is 20.3 Å². The lowest BCUT2D eigenvalue weighted by Gasteiger charge is -2.10. The number of hydrogen-bond donors (Lipinski definition) is 0. The summed E-state index contributed by atoms with van der Waals surface area (Å²) in [5.74, 6) is 1.73. The molecule has 0 aliphatic heterocycles. The second-order valence-electron chi connectivity index (χ2n) is 7.02. The monoisotopic (exact) mass is 451 g/mol. The van der Waals surface area contributed by atoms with E-state index in [2.05, 4.69) is 5.16 Å². The average molecular weight is 451 g/mol. The third-order valence-corrected chi connectivity index (χ3v) is 4.96. The number of carbonyl (C=O) groups excluding carboxylic acids is 1. The first-order valence-electron chi connectivity index (χ1n) is 10.0. The molecular formula is C24H21NO8. The van der Waals surface area contributed by atoms with E-state index in [0.717, 1.165) is 0 Å². The molecule has 0 saturated carbocycles. The molecule has 0 radical (unpaired) electrons. The van der Waals surface area contributed by atoms with Crippen molar-refractivity contribution in [1.82, 2.24) is 5.16 Å². The second-order valence-corrected chi connectivity index (χ2v) is 7.02. The first-order chi connectivity index (χ1) is 16.0. The topological polar surface area (TPSA) is 110 Å². The molecule has 0 spiro atoms. The molecule has 0 atom stereocenters. The lowest BCUT2D eigenvalue weighted by molar-refractivity contribution is -0.134. The van der Waals surface area contributed by atoms with Crippen molar-refractivity contribution in [3.8, 4) is 34.3 Å². The van der Waals surface area contributed by atoms with E-state index in [9.17, 15) is 9.59 Å². The SMILES string of the molecule is COc1ccc(OC)c(-c2cc3ccc(OC(=O)CCc4cc(OC)no4)cc3oc2=O)c1. The van der Waals surface area contributed by atoms with Crippen molar-refractivity contribution in [3.63, 3.8) is 0 Å². The van der Waals surface area contributed by atoms with Crippen molar-refractivity contribution in [2.24, 2.45) is 0 Å². The summed E-state index contributed by atoms with van der Waals surface area (Å²) < 4.78 is 31.5. The second kappa shape index (κ2) is 9.47. The standard InChI is InChI=1S/C24H21NO8/c1-28-15-6-8-20(29-2)18(11-15)19-10-14-4-5-16(12-21(14)32-24(19)27)31-23(26)9-7-17-13-22(30-3)25-33-17/h4-6,8,10-13H,7,9H2,1-3H3. The zero-order valence-corrected chi connectivity index (χ0v) is 18.2. The zero-order valence-electron chi connectivity index (χ0n) is 18.2. The first kappa shape index (κ1) is 21.9. The minimum atomic E-state index is -0.559. The van der Waals surface area contributed by atoms with Gasteiger partial charge in [0.2, 0.25) is 0 Å². The van der Waals surface area contributed by atoms with Gasteiger partial charge in [-0.1, -0.05) is 0 Å². The van der Waals surface area contributed by atoms with Crippen molar-refractivity contribution in [2.75, 3.05) is 21.3 Å². The Bertz CT molecular complexity index is 1350. The largest absolute Gasteiger partial charge is 0.497 e. The van der Waals surface area contributed by atoms with E-state index in [0.29, 0.717) is 46.1 Å². The molecule has 0 N–H and O–H groups in total. The summed E-state index contributed by atoms with van der Waals surface area (Å²) in [5, 5.41) is 4.34. The third kappa shape index (κ3) is 4.82. The molecule has 0 unspecified atom stereocenters. The van der Waals surface area contributed by atoms with Crippen LogP contribution in [0, 0.1) is 0 Å². The number of carbonyl (C=O) groups is 1. The molecule has 0 saturated heterocycles. The highest BCUT2D eigenvalue weighted by atomic mass is 16.5. The minimum absolute atomic E-state index is 0.0783. The highest BCUT2D eigenvalue weighted by molar-refractivity contribution is 5.85. The Kier molecular flexibility index (Phi) is 6.30. The maximum atomic E-state index is 12.7. The third-order valence-electron chi connectivity index (χ3n) is 4.96. The molecular weight excluding hydrogens is 430 g/mol. The number of fused-ring (bicyclic) bond motifs is 1. The van der Waals surface area contributed by atoms with Gasteiger partial charge < -0.3 is 27.9 Å². The van der Waals surface area contributed by atoms with Crippen molar-refractivity contribution < 1.29 is 32.7 Å². The van der Waals surface area contributed by atoms with E-state index in [-0.39, 0.29) is 17.8 Å². The predicted molar refractivity (Wildman–Crippen MR) is 118 cm³/mol. The molecule has 33 heavy (non-hydrogen) atoms. The Morgan fingerprint density at radius 3 is 2.45 bits per heavy atom. The fraction of sp³-hybridized carbons (Fsp3) is 0.208. The van der Waals surface area contributed by atoms with E-state index in [1.54, 1.807) is 49.6 Å². The van der Waals surface area contributed by atoms with Crippen molar-refractivity contribution >= 4 is 16.9 Å². The van der Waals surface area contributed by atoms with Crippen LogP contribution in [-0.2, 0) is 11.2 Å². The van der Waals surface area contributed by atoms with Crippen LogP contribution < -0.4 is 24.6 Å². The van der Waals surface area contributed by atoms with Crippen LogP contribution in [0.15, 0.2) is 62.3 Å². The Balaban J connectivity index is 1.54. The molecule has 0 aliphatic rings. The lowest BCUT2D eigenvalue weighted by Crippen LogP contribution is -2.09. The van der Waals surface area contributed by atoms with Crippen LogP contribution in [0.3, 0.4) is 0 Å². The first-order valence-corrected chi connectivity index (χ1v) is 10.0. The van der Waals surface area contributed by atoms with Gasteiger partial charge in [0.1, 0.15) is 28.6 Å². The summed E-state index contributed by atoms with van der Waals surface area (Å²) in [5.41, 5.74) is 0.602. The number of aryl methyl sites for hydroxylation is 1. The zero-order chi connectivity index (χ0) is 23.4. The summed E-state index contributed by atoms with van der Waals surface area (Å²) in [4.78, 5) is 24.9. The fourth-order valence-corrected chi connectivity index (χ4v) is 3.28. The molecule has 0 amide bonds. The molecule has 170 valence electrons. The molecule has 4 aromatic rings. The lowest BCUT2D eigenvalue weighted by atomic mass is 10.0. The number of esters is 1. The predicted octanol–water partition coefficient (Wildman–Crippen LogP) is 4.01. The van der Waals surface area contributed by atoms with Crippen LogP contribution in [0.2, 0.25) is 0 Å². The van der Waals surface area contributed by atoms with Gasteiger partial charge in [-0.15, -0.1) is 0 Å². The molecule has 2 aromatic carbocycles. The van der Waals surface area contributed by atoms with Crippen molar-refractivity contribution in [3.05, 3.63) is 64.7 Å². The average Bonchev–Trinajstić information content (AvgIpc) is 3.30. The Morgan fingerprint density at radius 2 is 1.73 bits per heavy atom. The van der Waals surface area contributed by atoms with Gasteiger partial charge in [-0.2, -0.15) is 0 Å². The number of hydrogen-bond acceptors (Lipinski definition) is 9. The Morgan fingerprint density at radius 1 is 0.909 bits per heavy atom. The number of rotatable bonds is 8. The molecule has 9 heteroatoms. The van der Waals surface area contributed by atoms with Crippen LogP contribution in [0.5, 0.6) is 23.1 Å². The van der Waals surface area contributed by atoms with Gasteiger partial charge >= 0.3 is 11.6 Å². The molecule has 0 fully saturated rings. The van der Waals surface area contributed by atoms with Crippen LogP contribution in [0.4, 0.5) is 0 Å². The number of nitrogens with zero attached hydrogens (tertiary/aromatic N) is 1. The van der Waals surface area contributed by atoms with Gasteiger partial charge in [0, 0.05) is 29.5 Å². The van der Waals surface area contributed by atoms with E-state index in [4.69, 9.17) is 27.9 Å². The number of benzene rings is 2. The van der Waals surface area contributed by atoms with Crippen LogP contribution in [0.1, 0.15) is 12.2 Å². The quantitative estimate of drug-likeness (QED) is 0.223. The van der Waals surface area contributed by atoms with Gasteiger partial charge in [-0.25, -0.2) is 4.79 Å². The summed E-state index contributed by atoms with van der Waals surface area (Å²) >= 11 is 0. The maximum Gasteiger partial charge on any atom is 0.344 e. The minimum Gasteiger partial charge on any atom is -0.497 e. The summed E-state index contributed by atoms with van der Waals surface area (Å²) in [6.45, 7) is 0. The van der Waals surface area contributed by atoms with Gasteiger partial charge in [0.25, 0.3) is 5.88 Å². The molecule has 0 aliphatic carbocycles. The number of ether oxygens (including phenoxy) is 4. The molecule has 2 heterocycles.